The van der Waals surface area contributed by atoms with E-state index in [0.29, 0.717) is 11.1 Å². The zero-order valence-corrected chi connectivity index (χ0v) is 7.00. The van der Waals surface area contributed by atoms with Crippen LogP contribution in [0.5, 0.6) is 0 Å². The fourth-order valence-corrected chi connectivity index (χ4v) is 1.01. The lowest BCUT2D eigenvalue weighted by Crippen LogP contribution is -2.19. The second kappa shape index (κ2) is 3.36. The number of pyridine rings is 1. The van der Waals surface area contributed by atoms with Crippen LogP contribution in [0.3, 0.4) is 0 Å². The van der Waals surface area contributed by atoms with Gasteiger partial charge in [-0.1, -0.05) is 12.7 Å². The number of hydrogen-bond acceptors (Lipinski definition) is 2. The van der Waals surface area contributed by atoms with Crippen molar-refractivity contribution < 1.29 is 0 Å². The van der Waals surface area contributed by atoms with Crippen molar-refractivity contribution in [2.75, 3.05) is 0 Å². The van der Waals surface area contributed by atoms with E-state index in [1.54, 1.807) is 19.3 Å². The van der Waals surface area contributed by atoms with E-state index in [9.17, 15) is 4.79 Å². The summed E-state index contributed by atoms with van der Waals surface area (Å²) >= 11 is 0. The van der Waals surface area contributed by atoms with E-state index in [4.69, 9.17) is 5.73 Å². The maximum atomic E-state index is 11.5. The van der Waals surface area contributed by atoms with Gasteiger partial charge in [-0.05, 0) is 6.92 Å². The van der Waals surface area contributed by atoms with E-state index in [2.05, 4.69) is 11.6 Å². The van der Waals surface area contributed by atoms with Crippen LogP contribution >= 0.6 is 0 Å². The summed E-state index contributed by atoms with van der Waals surface area (Å²) in [4.78, 5) is 14.3. The molecule has 0 radical (unpaired) electrons. The van der Waals surface area contributed by atoms with Crippen molar-refractivity contribution >= 4 is 6.08 Å². The monoisotopic (exact) mass is 164 g/mol. The predicted octanol–water partition coefficient (Wildman–Crippen LogP) is 1.04. The quantitative estimate of drug-likeness (QED) is 0.686. The van der Waals surface area contributed by atoms with Crippen molar-refractivity contribution in [3.05, 3.63) is 40.3 Å². The van der Waals surface area contributed by atoms with Crippen molar-refractivity contribution in [1.82, 2.24) is 4.98 Å². The minimum absolute atomic E-state index is 0.0428. The maximum Gasteiger partial charge on any atom is 0.193 e. The molecule has 0 aromatic carbocycles. The van der Waals surface area contributed by atoms with Crippen LogP contribution in [-0.2, 0) is 0 Å². The minimum atomic E-state index is -0.242. The summed E-state index contributed by atoms with van der Waals surface area (Å²) in [7, 11) is 0. The summed E-state index contributed by atoms with van der Waals surface area (Å²) in [5, 5.41) is 0. The lowest BCUT2D eigenvalue weighted by Gasteiger charge is -2.04. The third-order valence-electron chi connectivity index (χ3n) is 1.71. The molecule has 3 nitrogen and oxygen atoms in total. The van der Waals surface area contributed by atoms with Crippen LogP contribution in [-0.4, -0.2) is 4.98 Å². The van der Waals surface area contributed by atoms with Crippen molar-refractivity contribution in [2.45, 2.75) is 13.0 Å². The summed E-state index contributed by atoms with van der Waals surface area (Å²) in [6.07, 6.45) is 4.76. The average Bonchev–Trinajstić information content (AvgIpc) is 2.04. The largest absolute Gasteiger partial charge is 0.367 e. The second-order valence-corrected chi connectivity index (χ2v) is 2.69. The molecular weight excluding hydrogens is 152 g/mol. The maximum absolute atomic E-state index is 11.5. The van der Waals surface area contributed by atoms with Gasteiger partial charge in [0.05, 0.1) is 0 Å². The highest BCUT2D eigenvalue weighted by Crippen LogP contribution is 2.03. The van der Waals surface area contributed by atoms with Crippen LogP contribution in [0, 0.1) is 0 Å². The molecule has 0 aliphatic rings. The molecule has 1 heterocycles. The molecule has 0 aliphatic carbocycles. The Morgan fingerprint density at radius 2 is 2.33 bits per heavy atom. The molecule has 1 atom stereocenters. The Bertz CT molecular complexity index is 339. The number of H-pyrrole nitrogens is 1. The van der Waals surface area contributed by atoms with Gasteiger partial charge in [0.25, 0.3) is 0 Å². The molecule has 0 saturated carbocycles. The summed E-state index contributed by atoms with van der Waals surface area (Å²) in [6, 6.07) is -0.242. The molecule has 1 rings (SSSR count). The number of aromatic amines is 1. The van der Waals surface area contributed by atoms with Crippen LogP contribution in [0.1, 0.15) is 24.1 Å². The fraction of sp³-hybridized carbons (Fsp3) is 0.222. The molecule has 3 heteroatoms. The third-order valence-corrected chi connectivity index (χ3v) is 1.71. The van der Waals surface area contributed by atoms with Crippen LogP contribution in [0.15, 0.2) is 23.8 Å². The van der Waals surface area contributed by atoms with Crippen molar-refractivity contribution in [1.29, 1.82) is 0 Å². The van der Waals surface area contributed by atoms with E-state index in [1.165, 1.54) is 6.08 Å². The molecule has 64 valence electrons. The molecule has 0 aliphatic heterocycles. The molecule has 0 fully saturated rings. The van der Waals surface area contributed by atoms with Gasteiger partial charge in [-0.3, -0.25) is 4.79 Å². The number of hydrogen-bond donors (Lipinski definition) is 2. The highest BCUT2D eigenvalue weighted by molar-refractivity contribution is 5.46. The van der Waals surface area contributed by atoms with Gasteiger partial charge >= 0.3 is 0 Å². The Morgan fingerprint density at radius 1 is 1.67 bits per heavy atom. The summed E-state index contributed by atoms with van der Waals surface area (Å²) in [5.74, 6) is 0. The molecule has 3 N–H and O–H groups in total. The molecule has 0 unspecified atom stereocenters. The Balaban J connectivity index is 3.33. The van der Waals surface area contributed by atoms with Gasteiger partial charge in [0.2, 0.25) is 0 Å². The smallest absolute Gasteiger partial charge is 0.193 e. The number of nitrogens with one attached hydrogen (secondary N) is 1. The molecule has 1 aromatic rings. The van der Waals surface area contributed by atoms with Crippen molar-refractivity contribution in [2.24, 2.45) is 5.73 Å². The minimum Gasteiger partial charge on any atom is -0.367 e. The normalized spacial score (nSPS) is 12.5. The van der Waals surface area contributed by atoms with Crippen LogP contribution in [0.4, 0.5) is 0 Å². The standard InChI is InChI=1S/C9H12N2O/c1-3-7-4-11-5-8(6(2)10)9(7)12/h3-6H,1,10H2,2H3,(H,11,12)/t6-/m1/s1. The van der Waals surface area contributed by atoms with Gasteiger partial charge in [-0.2, -0.15) is 0 Å². The molecule has 1 aromatic heterocycles. The van der Waals surface area contributed by atoms with E-state index < -0.39 is 0 Å². The van der Waals surface area contributed by atoms with Gasteiger partial charge in [-0.15, -0.1) is 0 Å². The Hall–Kier alpha value is -1.35. The average molecular weight is 164 g/mol. The first kappa shape index (κ1) is 8.74. The van der Waals surface area contributed by atoms with Crippen molar-refractivity contribution in [3.8, 4) is 0 Å². The molecule has 0 saturated heterocycles. The lowest BCUT2D eigenvalue weighted by molar-refractivity contribution is 0.802. The Kier molecular flexibility index (Phi) is 2.45. The molecular formula is C9H12N2O. The molecule has 0 amide bonds. The van der Waals surface area contributed by atoms with E-state index in [0.717, 1.165) is 0 Å². The van der Waals surface area contributed by atoms with Crippen LogP contribution < -0.4 is 11.2 Å². The Morgan fingerprint density at radius 3 is 2.83 bits per heavy atom. The van der Waals surface area contributed by atoms with Crippen LogP contribution in [0.2, 0.25) is 0 Å². The van der Waals surface area contributed by atoms with Gasteiger partial charge < -0.3 is 10.7 Å². The van der Waals surface area contributed by atoms with Crippen molar-refractivity contribution in [3.63, 3.8) is 0 Å². The van der Waals surface area contributed by atoms with E-state index in [-0.39, 0.29) is 11.5 Å². The van der Waals surface area contributed by atoms with Gasteiger partial charge in [0, 0.05) is 29.6 Å². The number of aromatic nitrogens is 1. The third kappa shape index (κ3) is 1.46. The predicted molar refractivity (Wildman–Crippen MR) is 49.8 cm³/mol. The lowest BCUT2D eigenvalue weighted by atomic mass is 10.1. The summed E-state index contributed by atoms with van der Waals surface area (Å²) in [5.41, 5.74) is 6.69. The SMILES string of the molecule is C=Cc1c[nH]cc([C@@H](C)N)c1=O. The topological polar surface area (TPSA) is 58.9 Å². The zero-order valence-electron chi connectivity index (χ0n) is 7.00. The Labute approximate surface area is 70.9 Å². The molecule has 0 bridgehead atoms. The first-order chi connectivity index (χ1) is 5.66. The highest BCUT2D eigenvalue weighted by Gasteiger charge is 2.05. The van der Waals surface area contributed by atoms with Gasteiger partial charge in [0.1, 0.15) is 0 Å². The highest BCUT2D eigenvalue weighted by atomic mass is 16.1. The van der Waals surface area contributed by atoms with Crippen LogP contribution in [0.25, 0.3) is 6.08 Å². The molecule has 0 spiro atoms. The van der Waals surface area contributed by atoms with E-state index >= 15 is 0 Å². The molecule has 12 heavy (non-hydrogen) atoms. The second-order valence-electron chi connectivity index (χ2n) is 2.69. The first-order valence-electron chi connectivity index (χ1n) is 3.76. The van der Waals surface area contributed by atoms with Gasteiger partial charge in [0.15, 0.2) is 5.43 Å². The first-order valence-corrected chi connectivity index (χ1v) is 3.76. The van der Waals surface area contributed by atoms with Gasteiger partial charge in [-0.25, -0.2) is 0 Å². The number of rotatable bonds is 2. The zero-order chi connectivity index (χ0) is 9.14. The van der Waals surface area contributed by atoms with E-state index in [1.807, 2.05) is 0 Å². The fourth-order valence-electron chi connectivity index (χ4n) is 1.01. The summed E-state index contributed by atoms with van der Waals surface area (Å²) in [6.45, 7) is 5.31. The summed E-state index contributed by atoms with van der Waals surface area (Å²) < 4.78 is 0. The number of nitrogens with two attached hydrogens (primary N) is 1.